The average molecular weight is 400 g/mol. The number of carbonyl (C=O) groups excluding carboxylic acids is 2. The van der Waals surface area contributed by atoms with Gasteiger partial charge in [0.25, 0.3) is 0 Å². The zero-order valence-corrected chi connectivity index (χ0v) is 17.6. The lowest BCUT2D eigenvalue weighted by molar-refractivity contribution is -0.198. The molecule has 3 rings (SSSR count). The largest absolute Gasteiger partial charge is 0.457 e. The van der Waals surface area contributed by atoms with E-state index in [1.807, 2.05) is 13.8 Å². The van der Waals surface area contributed by atoms with Crippen molar-refractivity contribution in [3.8, 4) is 0 Å². The number of rotatable bonds is 6. The molecule has 0 spiro atoms. The minimum absolute atomic E-state index is 0.300. The van der Waals surface area contributed by atoms with Crippen LogP contribution in [-0.4, -0.2) is 60.1 Å². The molecule has 2 saturated heterocycles. The monoisotopic (exact) mass is 400 g/mol. The van der Waals surface area contributed by atoms with E-state index in [2.05, 4.69) is 0 Å². The SMILES string of the molecule is CCCC(=O)OC1C2OC(C)(C)OC2C(OC(=O)CCC)C2OC(C)(C)OC12. The summed E-state index contributed by atoms with van der Waals surface area (Å²) in [6.07, 6.45) is -1.93. The van der Waals surface area contributed by atoms with Gasteiger partial charge in [-0.1, -0.05) is 13.8 Å². The number of esters is 2. The third-order valence-corrected chi connectivity index (χ3v) is 5.07. The molecule has 3 fully saturated rings. The number of fused-ring (bicyclic) bond motifs is 2. The second-order valence-electron chi connectivity index (χ2n) is 8.54. The van der Waals surface area contributed by atoms with E-state index in [1.165, 1.54) is 0 Å². The first-order chi connectivity index (χ1) is 13.1. The molecule has 2 heterocycles. The van der Waals surface area contributed by atoms with E-state index < -0.39 is 48.2 Å². The van der Waals surface area contributed by atoms with Gasteiger partial charge in [0.2, 0.25) is 0 Å². The topological polar surface area (TPSA) is 89.5 Å². The fraction of sp³-hybridized carbons (Fsp3) is 0.900. The molecule has 1 aliphatic carbocycles. The van der Waals surface area contributed by atoms with Crippen LogP contribution in [-0.2, 0) is 38.0 Å². The Bertz CT molecular complexity index is 521. The Hall–Kier alpha value is -1.22. The molecule has 0 amide bonds. The maximum Gasteiger partial charge on any atom is 0.306 e. The van der Waals surface area contributed by atoms with Crippen LogP contribution in [0.15, 0.2) is 0 Å². The molecule has 4 unspecified atom stereocenters. The summed E-state index contributed by atoms with van der Waals surface area (Å²) < 4.78 is 35.8. The number of hydrogen-bond acceptors (Lipinski definition) is 8. The lowest BCUT2D eigenvalue weighted by atomic mass is 9.84. The summed E-state index contributed by atoms with van der Waals surface area (Å²) in [5.74, 6) is -2.47. The molecule has 4 atom stereocenters. The van der Waals surface area contributed by atoms with Gasteiger partial charge in [0.15, 0.2) is 23.8 Å². The van der Waals surface area contributed by atoms with E-state index in [9.17, 15) is 9.59 Å². The Labute approximate surface area is 166 Å². The smallest absolute Gasteiger partial charge is 0.306 e. The fourth-order valence-corrected chi connectivity index (χ4v) is 4.12. The third-order valence-electron chi connectivity index (χ3n) is 5.07. The zero-order chi connectivity index (χ0) is 20.7. The van der Waals surface area contributed by atoms with Crippen molar-refractivity contribution in [2.45, 2.75) is 115 Å². The number of hydrogen-bond donors (Lipinski definition) is 0. The van der Waals surface area contributed by atoms with Crippen LogP contribution >= 0.6 is 0 Å². The third kappa shape index (κ3) is 4.35. The summed E-state index contributed by atoms with van der Waals surface area (Å²) in [7, 11) is 0. The molecule has 0 aromatic heterocycles. The number of ether oxygens (including phenoxy) is 6. The molecule has 28 heavy (non-hydrogen) atoms. The highest BCUT2D eigenvalue weighted by atomic mass is 16.8. The van der Waals surface area contributed by atoms with E-state index in [-0.39, 0.29) is 11.9 Å². The molecule has 0 radical (unpaired) electrons. The maximum atomic E-state index is 12.3. The summed E-state index contributed by atoms with van der Waals surface area (Å²) in [5.41, 5.74) is 0. The van der Waals surface area contributed by atoms with E-state index in [0.29, 0.717) is 25.7 Å². The van der Waals surface area contributed by atoms with Gasteiger partial charge in [-0.05, 0) is 40.5 Å². The van der Waals surface area contributed by atoms with Crippen LogP contribution < -0.4 is 0 Å². The molecule has 1 saturated carbocycles. The van der Waals surface area contributed by atoms with Crippen LogP contribution in [0.2, 0.25) is 0 Å². The van der Waals surface area contributed by atoms with Crippen molar-refractivity contribution in [3.63, 3.8) is 0 Å². The van der Waals surface area contributed by atoms with Crippen molar-refractivity contribution in [2.24, 2.45) is 0 Å². The fourth-order valence-electron chi connectivity index (χ4n) is 4.12. The second-order valence-corrected chi connectivity index (χ2v) is 8.54. The summed E-state index contributed by atoms with van der Waals surface area (Å²) in [6, 6.07) is 0. The van der Waals surface area contributed by atoms with Gasteiger partial charge < -0.3 is 28.4 Å². The van der Waals surface area contributed by atoms with Gasteiger partial charge in [-0.2, -0.15) is 0 Å². The van der Waals surface area contributed by atoms with Crippen molar-refractivity contribution in [2.75, 3.05) is 0 Å². The molecule has 160 valence electrons. The molecule has 3 aliphatic rings. The molecule has 0 bridgehead atoms. The quantitative estimate of drug-likeness (QED) is 0.628. The van der Waals surface area contributed by atoms with Crippen molar-refractivity contribution in [1.29, 1.82) is 0 Å². The van der Waals surface area contributed by atoms with E-state index in [1.54, 1.807) is 27.7 Å². The molecule has 2 aliphatic heterocycles. The van der Waals surface area contributed by atoms with Crippen LogP contribution in [0.3, 0.4) is 0 Å². The first-order valence-corrected chi connectivity index (χ1v) is 10.2. The Morgan fingerprint density at radius 3 is 1.21 bits per heavy atom. The Morgan fingerprint density at radius 2 is 0.964 bits per heavy atom. The van der Waals surface area contributed by atoms with Crippen LogP contribution in [0.1, 0.15) is 67.2 Å². The summed E-state index contributed by atoms with van der Waals surface area (Å²) in [6.45, 7) is 10.9. The lowest BCUT2D eigenvalue weighted by Gasteiger charge is -2.41. The minimum Gasteiger partial charge on any atom is -0.457 e. The second kappa shape index (κ2) is 7.89. The highest BCUT2D eigenvalue weighted by molar-refractivity contribution is 5.70. The van der Waals surface area contributed by atoms with Gasteiger partial charge >= 0.3 is 11.9 Å². The van der Waals surface area contributed by atoms with E-state index >= 15 is 0 Å². The first kappa shape index (κ1) is 21.5. The zero-order valence-electron chi connectivity index (χ0n) is 17.6. The van der Waals surface area contributed by atoms with Crippen LogP contribution in [0.5, 0.6) is 0 Å². The summed E-state index contributed by atoms with van der Waals surface area (Å²) >= 11 is 0. The van der Waals surface area contributed by atoms with Gasteiger partial charge in [-0.3, -0.25) is 9.59 Å². The molecule has 8 nitrogen and oxygen atoms in total. The lowest BCUT2D eigenvalue weighted by Crippen LogP contribution is -2.63. The molecule has 0 aromatic rings. The van der Waals surface area contributed by atoms with Crippen LogP contribution in [0.4, 0.5) is 0 Å². The molecule has 0 N–H and O–H groups in total. The molecular weight excluding hydrogens is 368 g/mol. The standard InChI is InChI=1S/C20H32O8/c1-7-9-11(21)23-13-15-17(27-19(3,4)25-15)14(24-12(22)10-8-2)18-16(13)26-20(5,6)28-18/h13-18H,7-10H2,1-6H3. The molecule has 8 heteroatoms. The van der Waals surface area contributed by atoms with Gasteiger partial charge in [0.05, 0.1) is 0 Å². The van der Waals surface area contributed by atoms with E-state index in [0.717, 1.165) is 0 Å². The van der Waals surface area contributed by atoms with Gasteiger partial charge in [-0.25, -0.2) is 0 Å². The number of carbonyl (C=O) groups is 2. The summed E-state index contributed by atoms with van der Waals surface area (Å²) in [5, 5.41) is 0. The Kier molecular flexibility index (Phi) is 6.06. The van der Waals surface area contributed by atoms with Crippen molar-refractivity contribution < 1.29 is 38.0 Å². The first-order valence-electron chi connectivity index (χ1n) is 10.2. The highest BCUT2D eigenvalue weighted by Crippen LogP contribution is 2.46. The van der Waals surface area contributed by atoms with Crippen molar-refractivity contribution in [3.05, 3.63) is 0 Å². The Morgan fingerprint density at radius 1 is 0.679 bits per heavy atom. The predicted molar refractivity (Wildman–Crippen MR) is 97.2 cm³/mol. The predicted octanol–water partition coefficient (Wildman–Crippen LogP) is 2.46. The molecular formula is C20H32O8. The van der Waals surface area contributed by atoms with Gasteiger partial charge in [0.1, 0.15) is 24.4 Å². The highest BCUT2D eigenvalue weighted by Gasteiger charge is 2.65. The normalized spacial score (nSPS) is 37.8. The maximum absolute atomic E-state index is 12.3. The summed E-state index contributed by atoms with van der Waals surface area (Å²) in [4.78, 5) is 24.5. The van der Waals surface area contributed by atoms with Gasteiger partial charge in [0, 0.05) is 12.8 Å². The Balaban J connectivity index is 1.91. The van der Waals surface area contributed by atoms with E-state index in [4.69, 9.17) is 28.4 Å². The van der Waals surface area contributed by atoms with Crippen LogP contribution in [0, 0.1) is 0 Å². The van der Waals surface area contributed by atoms with Gasteiger partial charge in [-0.15, -0.1) is 0 Å². The minimum atomic E-state index is -0.908. The average Bonchev–Trinajstić information content (AvgIpc) is 3.06. The molecule has 0 aromatic carbocycles. The van der Waals surface area contributed by atoms with Crippen molar-refractivity contribution >= 4 is 11.9 Å². The van der Waals surface area contributed by atoms with Crippen LogP contribution in [0.25, 0.3) is 0 Å². The van der Waals surface area contributed by atoms with Crippen molar-refractivity contribution in [1.82, 2.24) is 0 Å².